The summed E-state index contributed by atoms with van der Waals surface area (Å²) in [5, 5.41) is 5.24. The number of benzene rings is 2. The van der Waals surface area contributed by atoms with E-state index in [9.17, 15) is 9.59 Å². The van der Waals surface area contributed by atoms with Crippen molar-refractivity contribution in [3.63, 3.8) is 0 Å². The van der Waals surface area contributed by atoms with Gasteiger partial charge in [0.05, 0.1) is 11.6 Å². The zero-order valence-electron chi connectivity index (χ0n) is 17.3. The molecule has 0 unspecified atom stereocenters. The Balaban J connectivity index is 1.55. The number of hydrogen-bond donors (Lipinski definition) is 0. The molecule has 2 heterocycles. The maximum atomic E-state index is 12.8. The Morgan fingerprint density at radius 1 is 1.03 bits per heavy atom. The van der Waals surface area contributed by atoms with Crippen molar-refractivity contribution >= 4 is 16.7 Å². The Kier molecular flexibility index (Phi) is 6.21. The van der Waals surface area contributed by atoms with Gasteiger partial charge in [-0.1, -0.05) is 68.3 Å². The molecule has 0 spiro atoms. The zero-order valence-corrected chi connectivity index (χ0v) is 17.3. The minimum absolute atomic E-state index is 0.113. The first-order valence-electron chi connectivity index (χ1n) is 10.3. The highest BCUT2D eigenvalue weighted by atomic mass is 16.5. The maximum Gasteiger partial charge on any atom is 0.359 e. The number of carbonyl (C=O) groups is 1. The Morgan fingerprint density at radius 3 is 2.55 bits per heavy atom. The number of ether oxygens (including phenoxy) is 1. The molecular formula is C24H23N3O4. The van der Waals surface area contributed by atoms with Gasteiger partial charge in [-0.3, -0.25) is 4.79 Å². The minimum atomic E-state index is -0.625. The van der Waals surface area contributed by atoms with Crippen LogP contribution in [0.3, 0.4) is 0 Å². The van der Waals surface area contributed by atoms with Crippen LogP contribution in [0.2, 0.25) is 0 Å². The number of carbonyl (C=O) groups excluding carboxylic acids is 1. The van der Waals surface area contributed by atoms with E-state index in [1.807, 2.05) is 30.3 Å². The predicted octanol–water partition coefficient (Wildman–Crippen LogP) is 4.60. The number of unbranched alkanes of at least 4 members (excludes halogenated alkanes) is 2. The fraction of sp³-hybridized carbons (Fsp3) is 0.250. The van der Waals surface area contributed by atoms with Crippen LogP contribution in [0, 0.1) is 0 Å². The summed E-state index contributed by atoms with van der Waals surface area (Å²) < 4.78 is 12.5. The van der Waals surface area contributed by atoms with Crippen molar-refractivity contribution < 1.29 is 13.9 Å². The number of oxazole rings is 1. The van der Waals surface area contributed by atoms with E-state index in [4.69, 9.17) is 9.15 Å². The van der Waals surface area contributed by atoms with E-state index in [2.05, 4.69) is 17.0 Å². The fourth-order valence-corrected chi connectivity index (χ4v) is 3.36. The van der Waals surface area contributed by atoms with Crippen LogP contribution in [-0.2, 0) is 17.9 Å². The molecule has 0 aliphatic rings. The smallest absolute Gasteiger partial charge is 0.359 e. The normalized spacial score (nSPS) is 11.0. The molecule has 0 N–H and O–H groups in total. The number of rotatable bonds is 8. The standard InChI is InChI=1S/C24H23N3O4/c1-2-3-9-14-27-23(28)19-13-8-7-12-18(19)22(26-27)24(29)30-16-21-25-15-20(31-21)17-10-5-4-6-11-17/h4-8,10-13,15H,2-3,9,14,16H2,1H3. The van der Waals surface area contributed by atoms with Crippen molar-refractivity contribution in [2.24, 2.45) is 0 Å². The summed E-state index contributed by atoms with van der Waals surface area (Å²) in [4.78, 5) is 29.8. The summed E-state index contributed by atoms with van der Waals surface area (Å²) in [5.74, 6) is 0.257. The van der Waals surface area contributed by atoms with Crippen molar-refractivity contribution in [3.05, 3.63) is 82.7 Å². The van der Waals surface area contributed by atoms with E-state index >= 15 is 0 Å². The molecule has 0 amide bonds. The SMILES string of the molecule is CCCCCn1nc(C(=O)OCc2ncc(-c3ccccc3)o2)c2ccccc2c1=O. The Bertz CT molecular complexity index is 1240. The summed E-state index contributed by atoms with van der Waals surface area (Å²) in [5.41, 5.74) is 0.796. The monoisotopic (exact) mass is 417 g/mol. The molecule has 0 bridgehead atoms. The number of hydrogen-bond acceptors (Lipinski definition) is 6. The average molecular weight is 417 g/mol. The first-order valence-corrected chi connectivity index (χ1v) is 10.3. The predicted molar refractivity (Wildman–Crippen MR) is 117 cm³/mol. The zero-order chi connectivity index (χ0) is 21.6. The summed E-state index contributed by atoms with van der Waals surface area (Å²) >= 11 is 0. The van der Waals surface area contributed by atoms with Gasteiger partial charge in [-0.15, -0.1) is 0 Å². The van der Waals surface area contributed by atoms with E-state index in [1.54, 1.807) is 30.5 Å². The van der Waals surface area contributed by atoms with Gasteiger partial charge in [0.15, 0.2) is 18.1 Å². The third-order valence-corrected chi connectivity index (χ3v) is 4.97. The molecular weight excluding hydrogens is 394 g/mol. The van der Waals surface area contributed by atoms with Crippen LogP contribution >= 0.6 is 0 Å². The van der Waals surface area contributed by atoms with Gasteiger partial charge in [0.1, 0.15) is 0 Å². The minimum Gasteiger partial charge on any atom is -0.451 e. The number of aromatic nitrogens is 3. The molecule has 0 radical (unpaired) electrons. The first-order chi connectivity index (χ1) is 15.2. The van der Waals surface area contributed by atoms with E-state index in [1.165, 1.54) is 4.68 Å². The van der Waals surface area contributed by atoms with Gasteiger partial charge in [-0.05, 0) is 12.5 Å². The van der Waals surface area contributed by atoms with Gasteiger partial charge in [-0.2, -0.15) is 5.10 Å². The maximum absolute atomic E-state index is 12.8. The molecule has 7 heteroatoms. The van der Waals surface area contributed by atoms with E-state index in [0.717, 1.165) is 24.8 Å². The lowest BCUT2D eigenvalue weighted by atomic mass is 10.1. The van der Waals surface area contributed by atoms with Crippen molar-refractivity contribution in [1.82, 2.24) is 14.8 Å². The van der Waals surface area contributed by atoms with Crippen LogP contribution in [0.15, 0.2) is 70.0 Å². The molecule has 31 heavy (non-hydrogen) atoms. The molecule has 0 aliphatic heterocycles. The highest BCUT2D eigenvalue weighted by Gasteiger charge is 2.19. The summed E-state index contributed by atoms with van der Waals surface area (Å²) in [6.45, 7) is 2.42. The third kappa shape index (κ3) is 4.55. The van der Waals surface area contributed by atoms with Crippen molar-refractivity contribution in [2.45, 2.75) is 39.3 Å². The van der Waals surface area contributed by atoms with Gasteiger partial charge in [0, 0.05) is 17.5 Å². The second-order valence-corrected chi connectivity index (χ2v) is 7.19. The van der Waals surface area contributed by atoms with Crippen LogP contribution in [0.4, 0.5) is 0 Å². The average Bonchev–Trinajstić information content (AvgIpc) is 3.29. The van der Waals surface area contributed by atoms with Gasteiger partial charge in [0.2, 0.25) is 5.89 Å². The Morgan fingerprint density at radius 2 is 1.77 bits per heavy atom. The van der Waals surface area contributed by atoms with Crippen LogP contribution in [-0.4, -0.2) is 20.7 Å². The first kappa shape index (κ1) is 20.5. The van der Waals surface area contributed by atoms with Gasteiger partial charge < -0.3 is 9.15 Å². The van der Waals surface area contributed by atoms with Crippen LogP contribution < -0.4 is 5.56 Å². The molecule has 0 saturated carbocycles. The number of nitrogens with zero attached hydrogens (tertiary/aromatic N) is 3. The van der Waals surface area contributed by atoms with Crippen LogP contribution in [0.25, 0.3) is 22.1 Å². The van der Waals surface area contributed by atoms with E-state index < -0.39 is 5.97 Å². The largest absolute Gasteiger partial charge is 0.451 e. The van der Waals surface area contributed by atoms with Crippen molar-refractivity contribution in [2.75, 3.05) is 0 Å². The Hall–Kier alpha value is -3.74. The van der Waals surface area contributed by atoms with Crippen LogP contribution in [0.5, 0.6) is 0 Å². The number of aryl methyl sites for hydroxylation is 1. The topological polar surface area (TPSA) is 87.2 Å². The Labute approximate surface area is 179 Å². The molecule has 2 aromatic heterocycles. The number of esters is 1. The lowest BCUT2D eigenvalue weighted by molar-refractivity contribution is 0.0431. The summed E-state index contributed by atoms with van der Waals surface area (Å²) in [6.07, 6.45) is 4.42. The van der Waals surface area contributed by atoms with Gasteiger partial charge in [0.25, 0.3) is 5.56 Å². The number of fused-ring (bicyclic) bond motifs is 1. The fourth-order valence-electron chi connectivity index (χ4n) is 3.36. The lowest BCUT2D eigenvalue weighted by Crippen LogP contribution is -2.26. The summed E-state index contributed by atoms with van der Waals surface area (Å²) in [6, 6.07) is 16.5. The van der Waals surface area contributed by atoms with Crippen molar-refractivity contribution in [3.8, 4) is 11.3 Å². The lowest BCUT2D eigenvalue weighted by Gasteiger charge is -2.10. The van der Waals surface area contributed by atoms with Gasteiger partial charge in [-0.25, -0.2) is 14.5 Å². The quantitative estimate of drug-likeness (QED) is 0.308. The van der Waals surface area contributed by atoms with E-state index in [0.29, 0.717) is 23.1 Å². The summed E-state index contributed by atoms with van der Waals surface area (Å²) in [7, 11) is 0. The second-order valence-electron chi connectivity index (χ2n) is 7.19. The van der Waals surface area contributed by atoms with Gasteiger partial charge >= 0.3 is 5.97 Å². The van der Waals surface area contributed by atoms with Crippen molar-refractivity contribution in [1.29, 1.82) is 0 Å². The molecule has 158 valence electrons. The molecule has 2 aromatic carbocycles. The molecule has 0 aliphatic carbocycles. The van der Waals surface area contributed by atoms with Crippen LogP contribution in [0.1, 0.15) is 42.6 Å². The molecule has 0 atom stereocenters. The highest BCUT2D eigenvalue weighted by molar-refractivity contribution is 6.02. The molecule has 7 nitrogen and oxygen atoms in total. The molecule has 4 aromatic rings. The van der Waals surface area contributed by atoms with E-state index in [-0.39, 0.29) is 23.8 Å². The third-order valence-electron chi connectivity index (χ3n) is 4.97. The molecule has 4 rings (SSSR count). The second kappa shape index (κ2) is 9.38. The molecule has 0 fully saturated rings. The highest BCUT2D eigenvalue weighted by Crippen LogP contribution is 2.21. The molecule has 0 saturated heterocycles.